The normalized spacial score (nSPS) is 14.7. The Morgan fingerprint density at radius 3 is 1.83 bits per heavy atom. The molecule has 0 atom stereocenters. The zero-order valence-corrected chi connectivity index (χ0v) is 10.2. The highest BCUT2D eigenvalue weighted by Crippen LogP contribution is 2.29. The molecule has 0 bridgehead atoms. The fourth-order valence-corrected chi connectivity index (χ4v) is 2.38. The van der Waals surface area contributed by atoms with E-state index in [0.717, 1.165) is 15.8 Å². The van der Waals surface area contributed by atoms with Crippen molar-refractivity contribution in [2.45, 2.75) is 0 Å². The van der Waals surface area contributed by atoms with E-state index in [-0.39, 0.29) is 11.8 Å². The molecule has 3 rings (SSSR count). The van der Waals surface area contributed by atoms with Crippen molar-refractivity contribution in [1.29, 1.82) is 0 Å². The standard InChI is InChI=1S/C14H12N2O2/c1-15(2)16-13(17)10-7-3-5-9-6-4-8-11(12(9)10)14(16)18/h3-8H,1-2H3. The second-order valence-corrected chi connectivity index (χ2v) is 4.48. The molecule has 18 heavy (non-hydrogen) atoms. The first-order valence-electron chi connectivity index (χ1n) is 5.69. The molecule has 4 heteroatoms. The van der Waals surface area contributed by atoms with Crippen LogP contribution in [0.15, 0.2) is 36.4 Å². The lowest BCUT2D eigenvalue weighted by Gasteiger charge is -2.31. The molecule has 1 aliphatic heterocycles. The molecular weight excluding hydrogens is 228 g/mol. The van der Waals surface area contributed by atoms with Gasteiger partial charge in [-0.25, -0.2) is 10.0 Å². The summed E-state index contributed by atoms with van der Waals surface area (Å²) in [4.78, 5) is 24.6. The van der Waals surface area contributed by atoms with E-state index >= 15 is 0 Å². The number of imide groups is 1. The highest BCUT2D eigenvalue weighted by atomic mass is 16.2. The second kappa shape index (κ2) is 3.65. The number of carbonyl (C=O) groups is 2. The number of hydrogen-bond donors (Lipinski definition) is 0. The van der Waals surface area contributed by atoms with Gasteiger partial charge in [-0.15, -0.1) is 0 Å². The molecule has 0 fully saturated rings. The highest BCUT2D eigenvalue weighted by molar-refractivity contribution is 6.25. The molecule has 0 unspecified atom stereocenters. The van der Waals surface area contributed by atoms with Gasteiger partial charge >= 0.3 is 0 Å². The van der Waals surface area contributed by atoms with Gasteiger partial charge in [0.1, 0.15) is 0 Å². The van der Waals surface area contributed by atoms with Crippen LogP contribution >= 0.6 is 0 Å². The minimum absolute atomic E-state index is 0.269. The number of benzene rings is 2. The summed E-state index contributed by atoms with van der Waals surface area (Å²) in [5.41, 5.74) is 1.16. The van der Waals surface area contributed by atoms with E-state index in [4.69, 9.17) is 0 Å². The molecule has 0 radical (unpaired) electrons. The first-order valence-corrected chi connectivity index (χ1v) is 5.69. The number of rotatable bonds is 1. The van der Waals surface area contributed by atoms with Crippen molar-refractivity contribution in [3.8, 4) is 0 Å². The molecule has 4 nitrogen and oxygen atoms in total. The molecule has 0 spiro atoms. The van der Waals surface area contributed by atoms with Crippen molar-refractivity contribution in [3.63, 3.8) is 0 Å². The fraction of sp³-hybridized carbons (Fsp3) is 0.143. The van der Waals surface area contributed by atoms with Crippen molar-refractivity contribution in [2.75, 3.05) is 14.1 Å². The average molecular weight is 240 g/mol. The van der Waals surface area contributed by atoms with Crippen LogP contribution in [0.1, 0.15) is 20.7 Å². The van der Waals surface area contributed by atoms with Gasteiger partial charge in [-0.05, 0) is 17.5 Å². The van der Waals surface area contributed by atoms with Gasteiger partial charge in [0.25, 0.3) is 11.8 Å². The monoisotopic (exact) mass is 240 g/mol. The molecule has 1 aliphatic rings. The van der Waals surface area contributed by atoms with Crippen molar-refractivity contribution in [3.05, 3.63) is 47.5 Å². The average Bonchev–Trinajstić information content (AvgIpc) is 2.35. The van der Waals surface area contributed by atoms with Crippen molar-refractivity contribution < 1.29 is 9.59 Å². The number of carbonyl (C=O) groups excluding carboxylic acids is 2. The quantitative estimate of drug-likeness (QED) is 0.715. The Hall–Kier alpha value is -2.20. The Balaban J connectivity index is 2.39. The largest absolute Gasteiger partial charge is 0.276 e. The highest BCUT2D eigenvalue weighted by Gasteiger charge is 2.33. The Kier molecular flexibility index (Phi) is 2.21. The maximum Gasteiger partial charge on any atom is 0.276 e. The fourth-order valence-electron chi connectivity index (χ4n) is 2.38. The molecule has 0 aliphatic carbocycles. The second-order valence-electron chi connectivity index (χ2n) is 4.48. The summed E-state index contributed by atoms with van der Waals surface area (Å²) in [5.74, 6) is -0.538. The first-order chi connectivity index (χ1) is 8.61. The Morgan fingerprint density at radius 2 is 1.39 bits per heavy atom. The lowest BCUT2D eigenvalue weighted by molar-refractivity contribution is 0.0183. The lowest BCUT2D eigenvalue weighted by atomic mass is 9.95. The van der Waals surface area contributed by atoms with E-state index in [1.165, 1.54) is 5.01 Å². The maximum absolute atomic E-state index is 12.3. The Morgan fingerprint density at radius 1 is 0.889 bits per heavy atom. The van der Waals surface area contributed by atoms with E-state index in [1.807, 2.05) is 24.3 Å². The number of nitrogens with zero attached hydrogens (tertiary/aromatic N) is 2. The first kappa shape index (κ1) is 10.9. The van der Waals surface area contributed by atoms with Crippen LogP contribution in [0.25, 0.3) is 10.8 Å². The topological polar surface area (TPSA) is 40.6 Å². The molecule has 0 aromatic heterocycles. The summed E-state index contributed by atoms with van der Waals surface area (Å²) in [6.45, 7) is 0. The van der Waals surface area contributed by atoms with Crippen LogP contribution in [0.2, 0.25) is 0 Å². The smallest absolute Gasteiger partial charge is 0.267 e. The van der Waals surface area contributed by atoms with Gasteiger partial charge in [0.15, 0.2) is 0 Å². The third kappa shape index (κ3) is 1.29. The van der Waals surface area contributed by atoms with E-state index in [0.29, 0.717) is 11.1 Å². The van der Waals surface area contributed by atoms with Crippen LogP contribution < -0.4 is 0 Å². The predicted octanol–water partition coefficient (Wildman–Crippen LogP) is 1.91. The van der Waals surface area contributed by atoms with Crippen LogP contribution in [-0.4, -0.2) is 35.9 Å². The number of hydrazine groups is 1. The third-order valence-electron chi connectivity index (χ3n) is 3.15. The SMILES string of the molecule is CN(C)N1C(=O)c2cccc3cccc(c23)C1=O. The van der Waals surface area contributed by atoms with Crippen LogP contribution in [0.5, 0.6) is 0 Å². The van der Waals surface area contributed by atoms with Crippen molar-refractivity contribution in [2.24, 2.45) is 0 Å². The van der Waals surface area contributed by atoms with Gasteiger partial charge in [-0.1, -0.05) is 24.3 Å². The minimum atomic E-state index is -0.269. The molecule has 2 amide bonds. The van der Waals surface area contributed by atoms with Crippen LogP contribution in [-0.2, 0) is 0 Å². The van der Waals surface area contributed by atoms with Crippen LogP contribution in [0, 0.1) is 0 Å². The van der Waals surface area contributed by atoms with Gasteiger partial charge in [-0.2, -0.15) is 0 Å². The summed E-state index contributed by atoms with van der Waals surface area (Å²) < 4.78 is 0. The Bertz CT molecular complexity index is 626. The summed E-state index contributed by atoms with van der Waals surface area (Å²) in [7, 11) is 3.37. The molecule has 1 heterocycles. The van der Waals surface area contributed by atoms with Gasteiger partial charge in [0, 0.05) is 19.5 Å². The number of hydrogen-bond acceptors (Lipinski definition) is 3. The third-order valence-corrected chi connectivity index (χ3v) is 3.15. The number of amides is 2. The molecule has 0 saturated carbocycles. The van der Waals surface area contributed by atoms with Crippen LogP contribution in [0.3, 0.4) is 0 Å². The molecule has 0 saturated heterocycles. The molecule has 2 aromatic rings. The maximum atomic E-state index is 12.3. The Labute approximate surface area is 104 Å². The summed E-state index contributed by atoms with van der Waals surface area (Å²) in [6.07, 6.45) is 0. The van der Waals surface area contributed by atoms with Crippen LogP contribution in [0.4, 0.5) is 0 Å². The predicted molar refractivity (Wildman–Crippen MR) is 68.1 cm³/mol. The molecular formula is C14H12N2O2. The van der Waals surface area contributed by atoms with Gasteiger partial charge in [0.05, 0.1) is 11.1 Å². The summed E-state index contributed by atoms with van der Waals surface area (Å²) in [6, 6.07) is 11.0. The van der Waals surface area contributed by atoms with E-state index in [9.17, 15) is 9.59 Å². The van der Waals surface area contributed by atoms with Gasteiger partial charge < -0.3 is 0 Å². The van der Waals surface area contributed by atoms with E-state index < -0.39 is 0 Å². The van der Waals surface area contributed by atoms with Gasteiger partial charge in [0.2, 0.25) is 0 Å². The zero-order chi connectivity index (χ0) is 12.9. The minimum Gasteiger partial charge on any atom is -0.267 e. The molecule has 90 valence electrons. The zero-order valence-electron chi connectivity index (χ0n) is 10.2. The summed E-state index contributed by atoms with van der Waals surface area (Å²) >= 11 is 0. The van der Waals surface area contributed by atoms with Gasteiger partial charge in [-0.3, -0.25) is 9.59 Å². The van der Waals surface area contributed by atoms with Crippen molar-refractivity contribution in [1.82, 2.24) is 10.0 Å². The van der Waals surface area contributed by atoms with E-state index in [2.05, 4.69) is 0 Å². The molecule has 2 aromatic carbocycles. The van der Waals surface area contributed by atoms with Crippen molar-refractivity contribution >= 4 is 22.6 Å². The molecule has 0 N–H and O–H groups in total. The van der Waals surface area contributed by atoms with E-state index in [1.54, 1.807) is 26.2 Å². The summed E-state index contributed by atoms with van der Waals surface area (Å²) in [5, 5.41) is 4.36. The lowest BCUT2D eigenvalue weighted by Crippen LogP contribution is -2.48.